The predicted octanol–water partition coefficient (Wildman–Crippen LogP) is 1.35. The van der Waals surface area contributed by atoms with Crippen LogP contribution in [-0.4, -0.2) is 49.4 Å². The highest BCUT2D eigenvalue weighted by Crippen LogP contribution is 2.23. The minimum absolute atomic E-state index is 0.0492. The molecule has 1 aliphatic rings. The van der Waals surface area contributed by atoms with Gasteiger partial charge in [0.2, 0.25) is 11.8 Å². The van der Waals surface area contributed by atoms with E-state index >= 15 is 0 Å². The van der Waals surface area contributed by atoms with Crippen molar-refractivity contribution < 1.29 is 9.59 Å². The fourth-order valence-electron chi connectivity index (χ4n) is 3.18. The van der Waals surface area contributed by atoms with Crippen molar-refractivity contribution in [1.29, 1.82) is 0 Å². The van der Waals surface area contributed by atoms with Crippen LogP contribution in [0.15, 0.2) is 24.3 Å². The Morgan fingerprint density at radius 2 is 1.92 bits per heavy atom. The zero-order valence-electron chi connectivity index (χ0n) is 15.3. The van der Waals surface area contributed by atoms with Gasteiger partial charge < -0.3 is 16.0 Å². The molecule has 1 aromatic rings. The van der Waals surface area contributed by atoms with Crippen molar-refractivity contribution in [1.82, 2.24) is 10.2 Å². The molecule has 6 nitrogen and oxygen atoms in total. The summed E-state index contributed by atoms with van der Waals surface area (Å²) in [5.41, 5.74) is 7.62. The quantitative estimate of drug-likeness (QED) is 0.745. The summed E-state index contributed by atoms with van der Waals surface area (Å²) in [6, 6.07) is 8.16. The molecule has 1 atom stereocenters. The maximum absolute atomic E-state index is 12.0. The van der Waals surface area contributed by atoms with Crippen LogP contribution in [0.2, 0.25) is 0 Å². The van der Waals surface area contributed by atoms with Crippen molar-refractivity contribution in [2.24, 2.45) is 11.7 Å². The highest BCUT2D eigenvalue weighted by Gasteiger charge is 2.24. The Kier molecular flexibility index (Phi) is 7.25. The molecule has 1 fully saturated rings. The number of carbonyl (C=O) groups is 2. The maximum Gasteiger partial charge on any atom is 0.234 e. The zero-order chi connectivity index (χ0) is 18.2. The second-order valence-corrected chi connectivity index (χ2v) is 6.59. The predicted molar refractivity (Wildman–Crippen MR) is 100 cm³/mol. The van der Waals surface area contributed by atoms with Crippen LogP contribution in [0.4, 0.5) is 5.69 Å². The number of carbonyl (C=O) groups excluding carboxylic acids is 2. The van der Waals surface area contributed by atoms with Gasteiger partial charge in [-0.15, -0.1) is 0 Å². The molecule has 3 N–H and O–H groups in total. The molecule has 0 radical (unpaired) electrons. The Labute approximate surface area is 150 Å². The van der Waals surface area contributed by atoms with Gasteiger partial charge >= 0.3 is 0 Å². The van der Waals surface area contributed by atoms with Crippen molar-refractivity contribution in [3.05, 3.63) is 29.8 Å². The SMILES string of the molecule is CCN(CC)CC(=O)NCc1ccc(N2CCC[C@@H](C(N)=O)C2)cc1. The summed E-state index contributed by atoms with van der Waals surface area (Å²) in [4.78, 5) is 27.7. The molecule has 0 aromatic heterocycles. The molecular formula is C19H30N4O2. The first kappa shape index (κ1) is 19.2. The molecule has 1 saturated heterocycles. The number of likely N-dealkylation sites (N-methyl/N-ethyl adjacent to an activating group) is 1. The molecule has 0 bridgehead atoms. The van der Waals surface area contributed by atoms with E-state index in [1.165, 1.54) is 0 Å². The highest BCUT2D eigenvalue weighted by molar-refractivity contribution is 5.78. The summed E-state index contributed by atoms with van der Waals surface area (Å²) in [6.45, 7) is 8.47. The Morgan fingerprint density at radius 1 is 1.24 bits per heavy atom. The van der Waals surface area contributed by atoms with E-state index in [1.807, 2.05) is 12.1 Å². The number of piperidine rings is 1. The van der Waals surface area contributed by atoms with E-state index in [-0.39, 0.29) is 17.7 Å². The van der Waals surface area contributed by atoms with Crippen molar-refractivity contribution in [3.63, 3.8) is 0 Å². The number of nitrogens with two attached hydrogens (primary N) is 1. The Bertz CT molecular complexity index is 569. The van der Waals surface area contributed by atoms with Crippen LogP contribution in [0.5, 0.6) is 0 Å². The van der Waals surface area contributed by atoms with Gasteiger partial charge in [0.25, 0.3) is 0 Å². The van der Waals surface area contributed by atoms with Gasteiger partial charge in [0.05, 0.1) is 12.5 Å². The summed E-state index contributed by atoms with van der Waals surface area (Å²) >= 11 is 0. The molecule has 0 unspecified atom stereocenters. The molecule has 1 aliphatic heterocycles. The summed E-state index contributed by atoms with van der Waals surface area (Å²) in [7, 11) is 0. The van der Waals surface area contributed by atoms with Gasteiger partial charge in [-0.3, -0.25) is 14.5 Å². The molecule has 0 spiro atoms. The van der Waals surface area contributed by atoms with Crippen LogP contribution in [0, 0.1) is 5.92 Å². The zero-order valence-corrected chi connectivity index (χ0v) is 15.3. The van der Waals surface area contributed by atoms with Crippen LogP contribution >= 0.6 is 0 Å². The van der Waals surface area contributed by atoms with Gasteiger partial charge in [-0.2, -0.15) is 0 Å². The monoisotopic (exact) mass is 346 g/mol. The van der Waals surface area contributed by atoms with Crippen molar-refractivity contribution in [3.8, 4) is 0 Å². The number of nitrogens with zero attached hydrogens (tertiary/aromatic N) is 2. The largest absolute Gasteiger partial charge is 0.371 e. The van der Waals surface area contributed by atoms with E-state index in [0.717, 1.165) is 43.7 Å². The number of rotatable bonds is 8. The van der Waals surface area contributed by atoms with Crippen molar-refractivity contribution in [2.75, 3.05) is 37.6 Å². The Morgan fingerprint density at radius 3 is 2.52 bits per heavy atom. The number of hydrogen-bond donors (Lipinski definition) is 2. The van der Waals surface area contributed by atoms with Gasteiger partial charge in [0.1, 0.15) is 0 Å². The lowest BCUT2D eigenvalue weighted by Crippen LogP contribution is -2.41. The lowest BCUT2D eigenvalue weighted by atomic mass is 9.97. The summed E-state index contributed by atoms with van der Waals surface area (Å²) in [6.07, 6.45) is 1.86. The molecule has 2 rings (SSSR count). The van der Waals surface area contributed by atoms with Crippen LogP contribution in [0.3, 0.4) is 0 Å². The fourth-order valence-corrected chi connectivity index (χ4v) is 3.18. The summed E-state index contributed by atoms with van der Waals surface area (Å²) in [5.74, 6) is -0.224. The molecule has 1 heterocycles. The highest BCUT2D eigenvalue weighted by atomic mass is 16.2. The summed E-state index contributed by atoms with van der Waals surface area (Å²) in [5, 5.41) is 2.96. The van der Waals surface area contributed by atoms with Gasteiger partial charge in [0, 0.05) is 25.3 Å². The van der Waals surface area contributed by atoms with Crippen LogP contribution in [-0.2, 0) is 16.1 Å². The second kappa shape index (κ2) is 9.42. The first-order valence-electron chi connectivity index (χ1n) is 9.15. The maximum atomic E-state index is 12.0. The minimum atomic E-state index is -0.211. The number of primary amides is 1. The molecule has 0 aliphatic carbocycles. The Hall–Kier alpha value is -2.08. The van der Waals surface area contributed by atoms with Crippen molar-refractivity contribution in [2.45, 2.75) is 33.2 Å². The Balaban J connectivity index is 1.85. The van der Waals surface area contributed by atoms with E-state index in [4.69, 9.17) is 5.73 Å². The van der Waals surface area contributed by atoms with E-state index in [2.05, 4.69) is 41.1 Å². The van der Waals surface area contributed by atoms with Gasteiger partial charge in [-0.1, -0.05) is 26.0 Å². The van der Waals surface area contributed by atoms with Gasteiger partial charge in [-0.25, -0.2) is 0 Å². The lowest BCUT2D eigenvalue weighted by molar-refractivity contribution is -0.123. The third-order valence-corrected chi connectivity index (χ3v) is 4.88. The third kappa shape index (κ3) is 5.74. The normalized spacial score (nSPS) is 17.6. The minimum Gasteiger partial charge on any atom is -0.371 e. The smallest absolute Gasteiger partial charge is 0.234 e. The average molecular weight is 346 g/mol. The first-order chi connectivity index (χ1) is 12.0. The number of benzene rings is 1. The lowest BCUT2D eigenvalue weighted by Gasteiger charge is -2.33. The molecule has 2 amide bonds. The average Bonchev–Trinajstić information content (AvgIpc) is 2.65. The number of anilines is 1. The molecule has 0 saturated carbocycles. The van der Waals surface area contributed by atoms with E-state index in [1.54, 1.807) is 0 Å². The third-order valence-electron chi connectivity index (χ3n) is 4.88. The van der Waals surface area contributed by atoms with E-state index in [0.29, 0.717) is 19.6 Å². The van der Waals surface area contributed by atoms with Crippen LogP contribution in [0.25, 0.3) is 0 Å². The summed E-state index contributed by atoms with van der Waals surface area (Å²) < 4.78 is 0. The molecule has 138 valence electrons. The molecule has 1 aromatic carbocycles. The van der Waals surface area contributed by atoms with Crippen LogP contribution < -0.4 is 16.0 Å². The first-order valence-corrected chi connectivity index (χ1v) is 9.15. The second-order valence-electron chi connectivity index (χ2n) is 6.59. The van der Waals surface area contributed by atoms with Gasteiger partial charge in [0.15, 0.2) is 0 Å². The topological polar surface area (TPSA) is 78.7 Å². The van der Waals surface area contributed by atoms with Crippen molar-refractivity contribution >= 4 is 17.5 Å². The number of nitrogens with one attached hydrogen (secondary N) is 1. The number of hydrogen-bond acceptors (Lipinski definition) is 4. The molecule has 25 heavy (non-hydrogen) atoms. The van der Waals surface area contributed by atoms with E-state index < -0.39 is 0 Å². The molecule has 6 heteroatoms. The molecular weight excluding hydrogens is 316 g/mol. The van der Waals surface area contributed by atoms with E-state index in [9.17, 15) is 9.59 Å². The van der Waals surface area contributed by atoms with Gasteiger partial charge in [-0.05, 0) is 43.6 Å². The standard InChI is InChI=1S/C19H30N4O2/c1-3-22(4-2)14-18(24)21-12-15-7-9-17(10-8-15)23-11-5-6-16(13-23)19(20)25/h7-10,16H,3-6,11-14H2,1-2H3,(H2,20,25)(H,21,24)/t16-/m1/s1. The van der Waals surface area contributed by atoms with Crippen LogP contribution in [0.1, 0.15) is 32.3 Å². The fraction of sp³-hybridized carbons (Fsp3) is 0.579. The number of amides is 2.